The van der Waals surface area contributed by atoms with Gasteiger partial charge in [-0.1, -0.05) is 0 Å². The molecular formula is C25H30N8O5. The van der Waals surface area contributed by atoms with Crippen LogP contribution in [0.3, 0.4) is 0 Å². The molecule has 0 spiro atoms. The molecule has 0 radical (unpaired) electrons. The molecule has 0 bridgehead atoms. The number of likely N-dealkylation sites (N-methyl/N-ethyl adjacent to an activating group) is 1. The van der Waals surface area contributed by atoms with Crippen molar-refractivity contribution in [1.82, 2.24) is 19.8 Å². The number of pyridine rings is 2. The lowest BCUT2D eigenvalue weighted by molar-refractivity contribution is -0.0286. The number of carbonyl (C=O) groups is 2. The molecule has 0 saturated carbocycles. The largest absolute Gasteiger partial charge is 0.454 e. The lowest BCUT2D eigenvalue weighted by Crippen LogP contribution is -2.47. The number of carbonyl (C=O) groups excluding carboxylic acids is 2. The van der Waals surface area contributed by atoms with Crippen LogP contribution in [0.15, 0.2) is 36.9 Å². The van der Waals surface area contributed by atoms with Crippen molar-refractivity contribution in [3.8, 4) is 6.07 Å². The number of piperazine rings is 1. The van der Waals surface area contributed by atoms with Crippen molar-refractivity contribution >= 4 is 29.3 Å². The summed E-state index contributed by atoms with van der Waals surface area (Å²) in [5, 5.41) is 15.1. The molecule has 2 N–H and O–H groups in total. The maximum absolute atomic E-state index is 13.3. The number of nitrogens with zero attached hydrogens (tertiary/aromatic N) is 6. The van der Waals surface area contributed by atoms with E-state index in [1.54, 1.807) is 37.3 Å². The van der Waals surface area contributed by atoms with Gasteiger partial charge in [0.15, 0.2) is 0 Å². The van der Waals surface area contributed by atoms with Crippen molar-refractivity contribution in [2.75, 3.05) is 76.1 Å². The molecule has 38 heavy (non-hydrogen) atoms. The Morgan fingerprint density at radius 2 is 1.97 bits per heavy atom. The number of urea groups is 1. The average Bonchev–Trinajstić information content (AvgIpc) is 3.48. The van der Waals surface area contributed by atoms with E-state index >= 15 is 0 Å². The second-order valence-electron chi connectivity index (χ2n) is 8.71. The number of aromatic nitrogens is 2. The SMILES string of the molecule is COCCNc1cc(NC(=O)N(C)c2ccc(C(=O)N3CCN(C)CC3)c(C3OC=CO3)n2)ncc1C#N. The molecule has 1 saturated heterocycles. The summed E-state index contributed by atoms with van der Waals surface area (Å²) in [5.41, 5.74) is 1.48. The van der Waals surface area contributed by atoms with E-state index in [2.05, 4.69) is 31.6 Å². The molecule has 0 atom stereocenters. The highest BCUT2D eigenvalue weighted by Gasteiger charge is 2.30. The number of amides is 3. The van der Waals surface area contributed by atoms with Crippen LogP contribution in [0.5, 0.6) is 0 Å². The van der Waals surface area contributed by atoms with E-state index in [0.717, 1.165) is 13.1 Å². The number of hydrogen-bond donors (Lipinski definition) is 2. The standard InChI is InChI=1S/C25H30N8O5/c1-31-7-9-33(10-8-31)23(34)18-4-5-21(30-22(18)24-37-12-13-38-24)32(2)25(35)29-20-14-19(27-6-11-36-3)17(15-26)16-28-20/h4-5,12-14,16,24H,6-11H2,1-3H3,(H2,27,28,29,35). The normalized spacial score (nSPS) is 15.4. The van der Waals surface area contributed by atoms with Gasteiger partial charge in [0.1, 0.15) is 35.9 Å². The van der Waals surface area contributed by atoms with Crippen molar-refractivity contribution in [1.29, 1.82) is 5.26 Å². The van der Waals surface area contributed by atoms with E-state index in [1.165, 1.54) is 23.6 Å². The molecule has 3 amide bonds. The quantitative estimate of drug-likeness (QED) is 0.494. The summed E-state index contributed by atoms with van der Waals surface area (Å²) in [6.07, 6.45) is 3.24. The van der Waals surface area contributed by atoms with Gasteiger partial charge < -0.3 is 29.3 Å². The minimum absolute atomic E-state index is 0.173. The van der Waals surface area contributed by atoms with Gasteiger partial charge >= 0.3 is 6.03 Å². The summed E-state index contributed by atoms with van der Waals surface area (Å²) in [7, 11) is 5.14. The van der Waals surface area contributed by atoms with Gasteiger partial charge in [-0.15, -0.1) is 0 Å². The lowest BCUT2D eigenvalue weighted by atomic mass is 10.1. The van der Waals surface area contributed by atoms with Crippen LogP contribution in [-0.2, 0) is 14.2 Å². The monoisotopic (exact) mass is 522 g/mol. The number of methoxy groups -OCH3 is 1. The summed E-state index contributed by atoms with van der Waals surface area (Å²) >= 11 is 0. The van der Waals surface area contributed by atoms with E-state index in [1.807, 2.05) is 7.05 Å². The minimum Gasteiger partial charge on any atom is -0.454 e. The Hall–Kier alpha value is -4.41. The highest BCUT2D eigenvalue weighted by atomic mass is 16.7. The Kier molecular flexibility index (Phi) is 8.57. The minimum atomic E-state index is -0.904. The zero-order valence-corrected chi connectivity index (χ0v) is 21.5. The number of nitrogens with one attached hydrogen (secondary N) is 2. The molecule has 0 aliphatic carbocycles. The number of rotatable bonds is 8. The van der Waals surface area contributed by atoms with Gasteiger partial charge in [-0.05, 0) is 19.2 Å². The van der Waals surface area contributed by atoms with E-state index in [-0.39, 0.29) is 23.2 Å². The Morgan fingerprint density at radius 1 is 1.24 bits per heavy atom. The topological polar surface area (TPSA) is 145 Å². The average molecular weight is 523 g/mol. The number of nitriles is 1. The molecule has 4 rings (SSSR count). The van der Waals surface area contributed by atoms with Crippen LogP contribution >= 0.6 is 0 Å². The van der Waals surface area contributed by atoms with Crippen molar-refractivity contribution in [3.63, 3.8) is 0 Å². The fraction of sp³-hybridized carbons (Fsp3) is 0.400. The van der Waals surface area contributed by atoms with Crippen LogP contribution in [0.2, 0.25) is 0 Å². The Balaban J connectivity index is 1.53. The predicted octanol–water partition coefficient (Wildman–Crippen LogP) is 1.98. The van der Waals surface area contributed by atoms with Crippen LogP contribution in [0.25, 0.3) is 0 Å². The van der Waals surface area contributed by atoms with Crippen LogP contribution < -0.4 is 15.5 Å². The van der Waals surface area contributed by atoms with Crippen molar-refractivity contribution < 1.29 is 23.8 Å². The van der Waals surface area contributed by atoms with Crippen LogP contribution in [-0.4, -0.2) is 92.2 Å². The van der Waals surface area contributed by atoms with Crippen LogP contribution in [0.4, 0.5) is 22.1 Å². The maximum Gasteiger partial charge on any atom is 0.328 e. The number of anilines is 3. The summed E-state index contributed by atoms with van der Waals surface area (Å²) in [4.78, 5) is 40.3. The predicted molar refractivity (Wildman–Crippen MR) is 138 cm³/mol. The number of hydrogen-bond acceptors (Lipinski definition) is 10. The molecule has 1 fully saturated rings. The van der Waals surface area contributed by atoms with Gasteiger partial charge in [-0.25, -0.2) is 14.8 Å². The van der Waals surface area contributed by atoms with Crippen molar-refractivity contribution in [3.05, 3.63) is 53.7 Å². The molecule has 2 aliphatic heterocycles. The van der Waals surface area contributed by atoms with E-state index in [4.69, 9.17) is 14.2 Å². The number of ether oxygens (including phenoxy) is 3. The highest BCUT2D eigenvalue weighted by molar-refractivity contribution is 6.01. The Bertz CT molecular complexity index is 1230. The molecule has 2 aromatic heterocycles. The van der Waals surface area contributed by atoms with Crippen molar-refractivity contribution in [2.45, 2.75) is 6.29 Å². The van der Waals surface area contributed by atoms with E-state index in [0.29, 0.717) is 43.1 Å². The third-order valence-corrected chi connectivity index (χ3v) is 6.14. The summed E-state index contributed by atoms with van der Waals surface area (Å²) < 4.78 is 16.0. The molecule has 200 valence electrons. The van der Waals surface area contributed by atoms with Gasteiger partial charge in [0.2, 0.25) is 0 Å². The summed E-state index contributed by atoms with van der Waals surface area (Å²) in [6, 6.07) is 6.34. The zero-order chi connectivity index (χ0) is 27.1. The van der Waals surface area contributed by atoms with E-state index in [9.17, 15) is 14.9 Å². The van der Waals surface area contributed by atoms with Gasteiger partial charge in [0.05, 0.1) is 23.4 Å². The fourth-order valence-corrected chi connectivity index (χ4v) is 3.90. The molecule has 0 aromatic carbocycles. The molecule has 13 nitrogen and oxygen atoms in total. The second-order valence-corrected chi connectivity index (χ2v) is 8.71. The zero-order valence-electron chi connectivity index (χ0n) is 21.5. The van der Waals surface area contributed by atoms with Crippen molar-refractivity contribution in [2.24, 2.45) is 0 Å². The molecule has 4 heterocycles. The first-order valence-electron chi connectivity index (χ1n) is 12.0. The summed E-state index contributed by atoms with van der Waals surface area (Å²) in [6.45, 7) is 3.69. The molecule has 2 aliphatic rings. The van der Waals surface area contributed by atoms with Crippen LogP contribution in [0.1, 0.15) is 27.9 Å². The second kappa shape index (κ2) is 12.2. The lowest BCUT2D eigenvalue weighted by Gasteiger charge is -2.33. The molecular weight excluding hydrogens is 492 g/mol. The first-order valence-corrected chi connectivity index (χ1v) is 12.0. The van der Waals surface area contributed by atoms with Gasteiger partial charge in [-0.2, -0.15) is 5.26 Å². The van der Waals surface area contributed by atoms with Gasteiger partial charge in [-0.3, -0.25) is 15.0 Å². The Morgan fingerprint density at radius 3 is 2.66 bits per heavy atom. The first kappa shape index (κ1) is 26.6. The smallest absolute Gasteiger partial charge is 0.328 e. The Labute approximate surface area is 220 Å². The molecule has 13 heteroatoms. The maximum atomic E-state index is 13.3. The fourth-order valence-electron chi connectivity index (χ4n) is 3.90. The van der Waals surface area contributed by atoms with Crippen LogP contribution in [0, 0.1) is 11.3 Å². The first-order chi connectivity index (χ1) is 18.4. The third-order valence-electron chi connectivity index (χ3n) is 6.14. The third kappa shape index (κ3) is 6.10. The summed E-state index contributed by atoms with van der Waals surface area (Å²) in [5.74, 6) is 0.349. The molecule has 2 aromatic rings. The van der Waals surface area contributed by atoms with E-state index < -0.39 is 12.3 Å². The van der Waals surface area contributed by atoms with Gasteiger partial charge in [0, 0.05) is 59.1 Å². The van der Waals surface area contributed by atoms with Gasteiger partial charge in [0.25, 0.3) is 12.2 Å². The molecule has 0 unspecified atom stereocenters. The highest BCUT2D eigenvalue weighted by Crippen LogP contribution is 2.29.